The Morgan fingerprint density at radius 2 is 1.94 bits per heavy atom. The van der Waals surface area contributed by atoms with Crippen molar-refractivity contribution in [2.75, 3.05) is 58.3 Å². The Morgan fingerprint density at radius 3 is 2.55 bits per heavy atom. The van der Waals surface area contributed by atoms with Crippen LogP contribution in [0.5, 0.6) is 0 Å². The molecule has 7 heteroatoms. The molecule has 1 aromatic carbocycles. The lowest BCUT2D eigenvalue weighted by Gasteiger charge is -2.44. The molecule has 0 spiro atoms. The van der Waals surface area contributed by atoms with Crippen molar-refractivity contribution >= 4 is 11.8 Å². The predicted molar refractivity (Wildman–Crippen MR) is 123 cm³/mol. The molecule has 4 rings (SSSR count). The molecular weight excluding hydrogens is 392 g/mol. The average Bonchev–Trinajstić information content (AvgIpc) is 3.21. The molecule has 3 aliphatic rings. The Morgan fingerprint density at radius 1 is 1.19 bits per heavy atom. The van der Waals surface area contributed by atoms with Gasteiger partial charge in [-0.1, -0.05) is 26.8 Å². The summed E-state index contributed by atoms with van der Waals surface area (Å²) in [4.78, 5) is 18.7. The van der Waals surface area contributed by atoms with E-state index in [0.717, 1.165) is 63.4 Å². The summed E-state index contributed by atoms with van der Waals surface area (Å²) in [5, 5.41) is 13.7. The molecule has 3 aliphatic heterocycles. The zero-order chi connectivity index (χ0) is 22.2. The fraction of sp³-hybridized carbons (Fsp3) is 0.708. The van der Waals surface area contributed by atoms with Gasteiger partial charge in [-0.25, -0.2) is 4.79 Å². The zero-order valence-corrected chi connectivity index (χ0v) is 19.5. The third-order valence-corrected chi connectivity index (χ3v) is 6.89. The van der Waals surface area contributed by atoms with Crippen molar-refractivity contribution in [2.45, 2.75) is 52.2 Å². The molecule has 2 saturated heterocycles. The highest BCUT2D eigenvalue weighted by atomic mass is 16.5. The highest BCUT2D eigenvalue weighted by Crippen LogP contribution is 2.46. The number of carboxylic acid groups (broad SMARTS) is 1. The van der Waals surface area contributed by atoms with Crippen molar-refractivity contribution in [1.82, 2.24) is 14.7 Å². The summed E-state index contributed by atoms with van der Waals surface area (Å²) in [6.07, 6.45) is 0.920. The molecular formula is C24H38N4O3. The van der Waals surface area contributed by atoms with Crippen molar-refractivity contribution in [2.24, 2.45) is 5.41 Å². The van der Waals surface area contributed by atoms with Gasteiger partial charge in [0, 0.05) is 57.1 Å². The lowest BCUT2D eigenvalue weighted by atomic mass is 9.76. The highest BCUT2D eigenvalue weighted by Gasteiger charge is 2.40. The molecule has 1 amide bonds. The summed E-state index contributed by atoms with van der Waals surface area (Å²) in [5.41, 5.74) is 4.68. The van der Waals surface area contributed by atoms with Crippen LogP contribution in [0, 0.1) is 5.41 Å². The first-order valence-corrected chi connectivity index (χ1v) is 11.6. The van der Waals surface area contributed by atoms with Crippen molar-refractivity contribution < 1.29 is 14.6 Å². The fourth-order valence-electron chi connectivity index (χ4n) is 5.28. The second kappa shape index (κ2) is 8.96. The number of fused-ring (bicyclic) bond motifs is 1. The fourth-order valence-corrected chi connectivity index (χ4v) is 5.28. The van der Waals surface area contributed by atoms with Crippen LogP contribution in [0.2, 0.25) is 0 Å². The lowest BCUT2D eigenvalue weighted by Crippen LogP contribution is -2.45. The minimum Gasteiger partial charge on any atom is -0.465 e. The number of hydrogen-bond donors (Lipinski definition) is 2. The number of carbonyl (C=O) groups is 1. The summed E-state index contributed by atoms with van der Waals surface area (Å²) < 4.78 is 5.61. The van der Waals surface area contributed by atoms with E-state index >= 15 is 0 Å². The van der Waals surface area contributed by atoms with Gasteiger partial charge in [0.15, 0.2) is 0 Å². The van der Waals surface area contributed by atoms with Gasteiger partial charge in [-0.3, -0.25) is 4.90 Å². The number of benzene rings is 1. The Bertz CT molecular complexity index is 793. The number of anilines is 1. The van der Waals surface area contributed by atoms with Crippen LogP contribution in [-0.4, -0.2) is 84.9 Å². The maximum atomic E-state index is 12.1. The van der Waals surface area contributed by atoms with Gasteiger partial charge in [0.1, 0.15) is 0 Å². The monoisotopic (exact) mass is 430 g/mol. The number of amides is 1. The van der Waals surface area contributed by atoms with Gasteiger partial charge in [0.2, 0.25) is 0 Å². The molecule has 1 aromatic rings. The van der Waals surface area contributed by atoms with E-state index in [1.54, 1.807) is 4.90 Å². The van der Waals surface area contributed by atoms with Crippen LogP contribution in [0.3, 0.4) is 0 Å². The molecule has 2 N–H and O–H groups in total. The maximum absolute atomic E-state index is 12.1. The van der Waals surface area contributed by atoms with E-state index < -0.39 is 6.09 Å². The van der Waals surface area contributed by atoms with Crippen LogP contribution in [0.4, 0.5) is 10.5 Å². The average molecular weight is 431 g/mol. The van der Waals surface area contributed by atoms with E-state index in [0.29, 0.717) is 13.2 Å². The van der Waals surface area contributed by atoms with E-state index in [1.807, 2.05) is 0 Å². The molecule has 7 nitrogen and oxygen atoms in total. The maximum Gasteiger partial charge on any atom is 0.407 e. The van der Waals surface area contributed by atoms with Gasteiger partial charge >= 0.3 is 6.09 Å². The Labute approximate surface area is 186 Å². The summed E-state index contributed by atoms with van der Waals surface area (Å²) >= 11 is 0. The van der Waals surface area contributed by atoms with Crippen LogP contribution in [0.15, 0.2) is 12.1 Å². The number of hydrogen-bond acceptors (Lipinski definition) is 5. The van der Waals surface area contributed by atoms with Crippen LogP contribution in [0.25, 0.3) is 0 Å². The first-order valence-electron chi connectivity index (χ1n) is 11.6. The van der Waals surface area contributed by atoms with Gasteiger partial charge < -0.3 is 25.0 Å². The van der Waals surface area contributed by atoms with Crippen LogP contribution >= 0.6 is 0 Å². The van der Waals surface area contributed by atoms with Gasteiger partial charge in [-0.15, -0.1) is 0 Å². The van der Waals surface area contributed by atoms with Crippen LogP contribution in [0.1, 0.15) is 49.9 Å². The number of likely N-dealkylation sites (N-methyl/N-ethyl adjacent to an activating group) is 1. The number of rotatable bonds is 4. The molecule has 0 bridgehead atoms. The summed E-state index contributed by atoms with van der Waals surface area (Å²) in [6.45, 7) is 13.8. The number of nitrogens with zero attached hydrogens (tertiary/aromatic N) is 3. The van der Waals surface area contributed by atoms with Gasteiger partial charge in [-0.2, -0.15) is 0 Å². The second-order valence-electron chi connectivity index (χ2n) is 10.5. The molecule has 2 atom stereocenters. The number of nitrogens with one attached hydrogen (secondary N) is 1. The Balaban J connectivity index is 1.70. The SMILES string of the molecule is CN1CCN(Cc2cc3c(c(NC4CCOC4)c2)[C@H](C(C)(C)C)N(C(=O)O)CC3)CC1. The third kappa shape index (κ3) is 4.99. The standard InChI is InChI=1S/C24H38N4O3/c1-24(2,3)22-21-18(5-7-28(22)23(29)30)13-17(15-27-10-8-26(4)9-11-27)14-20(21)25-19-6-12-31-16-19/h13-14,19,22,25H,5-12,15-16H2,1-4H3,(H,29,30)/t19?,22-/m1/s1. The minimum absolute atomic E-state index is 0.170. The van der Waals surface area contributed by atoms with E-state index in [4.69, 9.17) is 4.74 Å². The molecule has 0 saturated carbocycles. The molecule has 0 aromatic heterocycles. The molecule has 3 heterocycles. The topological polar surface area (TPSA) is 68.3 Å². The zero-order valence-electron chi connectivity index (χ0n) is 19.5. The summed E-state index contributed by atoms with van der Waals surface area (Å²) in [6, 6.07) is 4.72. The van der Waals surface area contributed by atoms with E-state index in [1.165, 1.54) is 11.1 Å². The first kappa shape index (κ1) is 22.4. The van der Waals surface area contributed by atoms with E-state index in [9.17, 15) is 9.90 Å². The largest absolute Gasteiger partial charge is 0.465 e. The van der Waals surface area contributed by atoms with E-state index in [-0.39, 0.29) is 17.5 Å². The first-order chi connectivity index (χ1) is 14.7. The third-order valence-electron chi connectivity index (χ3n) is 6.89. The Hall–Kier alpha value is -1.83. The quantitative estimate of drug-likeness (QED) is 0.764. The second-order valence-corrected chi connectivity index (χ2v) is 10.5. The number of ether oxygens (including phenoxy) is 1. The predicted octanol–water partition coefficient (Wildman–Crippen LogP) is 3.26. The normalized spacial score (nSPS) is 25.5. The lowest BCUT2D eigenvalue weighted by molar-refractivity contribution is 0.0762. The highest BCUT2D eigenvalue weighted by molar-refractivity contribution is 5.69. The van der Waals surface area contributed by atoms with Crippen LogP contribution in [-0.2, 0) is 17.7 Å². The van der Waals surface area contributed by atoms with Gasteiger partial charge in [0.25, 0.3) is 0 Å². The summed E-state index contributed by atoms with van der Waals surface area (Å²) in [5.74, 6) is 0. The molecule has 0 radical (unpaired) electrons. The van der Waals surface area contributed by atoms with Crippen molar-refractivity contribution in [1.29, 1.82) is 0 Å². The molecule has 2 fully saturated rings. The van der Waals surface area contributed by atoms with E-state index in [2.05, 4.69) is 55.1 Å². The van der Waals surface area contributed by atoms with Crippen molar-refractivity contribution in [3.05, 3.63) is 28.8 Å². The Kier molecular flexibility index (Phi) is 6.47. The molecule has 172 valence electrons. The van der Waals surface area contributed by atoms with Gasteiger partial charge in [0.05, 0.1) is 18.7 Å². The summed E-state index contributed by atoms with van der Waals surface area (Å²) in [7, 11) is 2.18. The molecule has 31 heavy (non-hydrogen) atoms. The number of piperazine rings is 1. The van der Waals surface area contributed by atoms with Crippen LogP contribution < -0.4 is 5.32 Å². The molecule has 0 aliphatic carbocycles. The van der Waals surface area contributed by atoms with Crippen molar-refractivity contribution in [3.8, 4) is 0 Å². The molecule has 1 unspecified atom stereocenters. The van der Waals surface area contributed by atoms with Gasteiger partial charge in [-0.05, 0) is 42.5 Å². The minimum atomic E-state index is -0.831. The van der Waals surface area contributed by atoms with Crippen molar-refractivity contribution in [3.63, 3.8) is 0 Å². The smallest absolute Gasteiger partial charge is 0.407 e.